The van der Waals surface area contributed by atoms with Gasteiger partial charge in [-0.05, 0) is 11.6 Å². The summed E-state index contributed by atoms with van der Waals surface area (Å²) in [6.45, 7) is 0. The van der Waals surface area contributed by atoms with Crippen molar-refractivity contribution in [3.05, 3.63) is 9.94 Å². The maximum atomic E-state index is 10.6. The molecule has 12 heavy (non-hydrogen) atoms. The Labute approximate surface area is 84.3 Å². The third-order valence-corrected chi connectivity index (χ3v) is 4.16. The van der Waals surface area contributed by atoms with Crippen LogP contribution in [0.1, 0.15) is 0 Å². The van der Waals surface area contributed by atoms with Crippen LogP contribution in [0.4, 0.5) is 0 Å². The first-order valence-corrected chi connectivity index (χ1v) is 5.53. The van der Waals surface area contributed by atoms with Gasteiger partial charge in [-0.25, -0.2) is 0 Å². The zero-order chi connectivity index (χ0) is 9.30. The van der Waals surface area contributed by atoms with Crippen LogP contribution in [-0.2, 0) is 15.1 Å². The molecule has 66 valence electrons. The summed E-state index contributed by atoms with van der Waals surface area (Å²) >= 11 is 11.7. The van der Waals surface area contributed by atoms with Gasteiger partial charge in [0.15, 0.2) is 0 Å². The topological polar surface area (TPSA) is 51.2 Å². The van der Waals surface area contributed by atoms with Crippen molar-refractivity contribution < 1.29 is 13.2 Å². The fourth-order valence-electron chi connectivity index (χ4n) is 0.655. The van der Waals surface area contributed by atoms with Crippen LogP contribution in [-0.4, -0.2) is 24.3 Å². The second kappa shape index (κ2) is 3.83. The largest absolute Gasteiger partial charge is 0.275 e. The van der Waals surface area contributed by atoms with Gasteiger partial charge >= 0.3 is 0 Å². The van der Waals surface area contributed by atoms with Gasteiger partial charge in [0.1, 0.15) is 4.86 Å². The van der Waals surface area contributed by atoms with Gasteiger partial charge in [-0.2, -0.15) is 8.42 Å². The average Bonchev–Trinajstić information content (AvgIpc) is 2.30. The van der Waals surface area contributed by atoms with Crippen LogP contribution in [0.5, 0.6) is 0 Å². The molecule has 0 aromatic heterocycles. The van der Waals surface area contributed by atoms with E-state index in [0.717, 1.165) is 11.8 Å². The highest BCUT2D eigenvalue weighted by atomic mass is 35.5. The number of allylic oxidation sites excluding steroid dienone is 2. The van der Waals surface area contributed by atoms with Crippen LogP contribution in [0, 0.1) is 0 Å². The third kappa shape index (κ3) is 1.85. The number of hydrogen-bond donors (Lipinski definition) is 0. The molecule has 0 aliphatic carbocycles. The molecule has 0 fully saturated rings. The molecular formula is C5H2Cl2O3S2. The lowest BCUT2D eigenvalue weighted by atomic mass is 10.4. The molecule has 0 spiro atoms. The van der Waals surface area contributed by atoms with Crippen LogP contribution in [0.15, 0.2) is 9.94 Å². The molecule has 3 nitrogen and oxygen atoms in total. The normalized spacial score (nSPS) is 17.0. The number of hydrogen-bond acceptors (Lipinski definition) is 4. The maximum absolute atomic E-state index is 10.6. The summed E-state index contributed by atoms with van der Waals surface area (Å²) in [6, 6.07) is 0. The minimum Gasteiger partial charge on any atom is -0.275 e. The lowest BCUT2D eigenvalue weighted by molar-refractivity contribution is -0.107. The average molecular weight is 245 g/mol. The van der Waals surface area contributed by atoms with Crippen molar-refractivity contribution in [3.8, 4) is 0 Å². The molecular weight excluding hydrogens is 243 g/mol. The van der Waals surface area contributed by atoms with E-state index in [1.807, 2.05) is 0 Å². The number of carbonyl (C=O) groups excluding carboxylic acids is 1. The Morgan fingerprint density at radius 1 is 1.50 bits per heavy atom. The van der Waals surface area contributed by atoms with Gasteiger partial charge in [-0.15, -0.1) is 11.8 Å². The van der Waals surface area contributed by atoms with Crippen molar-refractivity contribution in [2.24, 2.45) is 0 Å². The zero-order valence-electron chi connectivity index (χ0n) is 5.50. The summed E-state index contributed by atoms with van der Waals surface area (Å²) in [5, 5.41) is -0.765. The minimum absolute atomic E-state index is 0.0330. The second-order valence-corrected chi connectivity index (χ2v) is 4.53. The minimum atomic E-state index is -2.36. The van der Waals surface area contributed by atoms with Crippen LogP contribution in [0.3, 0.4) is 0 Å². The molecule has 0 saturated carbocycles. The fraction of sp³-hybridized carbons (Fsp3) is 0.200. The van der Waals surface area contributed by atoms with Crippen LogP contribution >= 0.6 is 35.0 Å². The Morgan fingerprint density at radius 3 is 2.33 bits per heavy atom. The fourth-order valence-corrected chi connectivity index (χ4v) is 3.20. The van der Waals surface area contributed by atoms with E-state index in [9.17, 15) is 13.2 Å². The summed E-state index contributed by atoms with van der Waals surface area (Å²) < 4.78 is 20.9. The number of rotatable bonds is 1. The van der Waals surface area contributed by atoms with Gasteiger partial charge in [0.05, 0.1) is 9.94 Å². The van der Waals surface area contributed by atoms with E-state index >= 15 is 0 Å². The zero-order valence-corrected chi connectivity index (χ0v) is 8.65. The first-order valence-electron chi connectivity index (χ1n) is 2.72. The van der Waals surface area contributed by atoms with Crippen LogP contribution < -0.4 is 0 Å². The van der Waals surface area contributed by atoms with Crippen molar-refractivity contribution >= 4 is 55.4 Å². The Morgan fingerprint density at radius 2 is 2.08 bits per heavy atom. The summed E-state index contributed by atoms with van der Waals surface area (Å²) in [5.74, 6) is 0.183. The summed E-state index contributed by atoms with van der Waals surface area (Å²) in [7, 11) is -2.36. The first kappa shape index (κ1) is 10.1. The molecule has 0 unspecified atom stereocenters. The number of thioether (sulfide) groups is 1. The number of halogens is 2. The molecule has 1 aliphatic rings. The highest BCUT2D eigenvalue weighted by molar-refractivity contribution is 8.06. The third-order valence-electron chi connectivity index (χ3n) is 1.17. The predicted octanol–water partition coefficient (Wildman–Crippen LogP) is 1.00. The van der Waals surface area contributed by atoms with Gasteiger partial charge in [0, 0.05) is 5.75 Å². The Balaban J connectivity index is 3.26. The Kier molecular flexibility index (Phi) is 3.22. The highest BCUT2D eigenvalue weighted by Crippen LogP contribution is 2.33. The van der Waals surface area contributed by atoms with E-state index in [-0.39, 0.29) is 20.6 Å². The second-order valence-electron chi connectivity index (χ2n) is 1.86. The summed E-state index contributed by atoms with van der Waals surface area (Å²) in [6.07, 6.45) is 0. The molecule has 0 bridgehead atoms. The van der Waals surface area contributed by atoms with Gasteiger partial charge < -0.3 is 0 Å². The van der Waals surface area contributed by atoms with Gasteiger partial charge in [-0.1, -0.05) is 11.6 Å². The Hall–Kier alpha value is 0.0300. The van der Waals surface area contributed by atoms with E-state index in [0.29, 0.717) is 0 Å². The Bertz CT molecular complexity index is 385. The predicted molar refractivity (Wildman–Crippen MR) is 50.1 cm³/mol. The summed E-state index contributed by atoms with van der Waals surface area (Å²) in [5.41, 5.74) is 0. The van der Waals surface area contributed by atoms with Gasteiger partial charge in [-0.3, -0.25) is 4.79 Å². The lowest BCUT2D eigenvalue weighted by Gasteiger charge is -1.88. The molecule has 0 saturated heterocycles. The summed E-state index contributed by atoms with van der Waals surface area (Å²) in [4.78, 5) is 10.8. The van der Waals surface area contributed by atoms with Crippen molar-refractivity contribution in [1.82, 2.24) is 0 Å². The van der Waals surface area contributed by atoms with E-state index < -0.39 is 15.5 Å². The molecule has 0 radical (unpaired) electrons. The van der Waals surface area contributed by atoms with Crippen molar-refractivity contribution in [3.63, 3.8) is 0 Å². The van der Waals surface area contributed by atoms with Gasteiger partial charge in [0.2, 0.25) is 10.3 Å². The van der Waals surface area contributed by atoms with Crippen molar-refractivity contribution in [2.75, 3.05) is 5.75 Å². The van der Waals surface area contributed by atoms with E-state index in [4.69, 9.17) is 23.2 Å². The van der Waals surface area contributed by atoms with E-state index in [2.05, 4.69) is 0 Å². The SMILES string of the molecule is O=C(Cl)C1=C(Cl)C(=S(=O)=O)CS1. The number of carbonyl (C=O) groups is 1. The van der Waals surface area contributed by atoms with Crippen molar-refractivity contribution in [2.45, 2.75) is 0 Å². The van der Waals surface area contributed by atoms with Crippen LogP contribution in [0.25, 0.3) is 0 Å². The van der Waals surface area contributed by atoms with E-state index in [1.165, 1.54) is 0 Å². The van der Waals surface area contributed by atoms with Gasteiger partial charge in [0.25, 0.3) is 5.24 Å². The van der Waals surface area contributed by atoms with E-state index in [1.54, 1.807) is 0 Å². The molecule has 0 atom stereocenters. The lowest BCUT2D eigenvalue weighted by Crippen LogP contribution is -1.97. The molecule has 7 heteroatoms. The smallest absolute Gasteiger partial charge is 0.260 e. The highest BCUT2D eigenvalue weighted by Gasteiger charge is 2.25. The molecule has 1 rings (SSSR count). The quantitative estimate of drug-likeness (QED) is 0.510. The molecule has 0 N–H and O–H groups in total. The standard InChI is InChI=1S/C5H2Cl2O3S2/c6-3-2(12(9)10)1-11-4(3)5(7)8/h1H2. The molecule has 0 amide bonds. The maximum Gasteiger partial charge on any atom is 0.260 e. The first-order chi connectivity index (χ1) is 5.54. The molecule has 0 aromatic rings. The van der Waals surface area contributed by atoms with Crippen molar-refractivity contribution in [1.29, 1.82) is 0 Å². The molecule has 1 heterocycles. The molecule has 0 aromatic carbocycles. The molecule has 1 aliphatic heterocycles. The monoisotopic (exact) mass is 244 g/mol. The van der Waals surface area contributed by atoms with Crippen LogP contribution in [0.2, 0.25) is 0 Å².